The van der Waals surface area contributed by atoms with Crippen molar-refractivity contribution in [1.82, 2.24) is 5.43 Å². The maximum absolute atomic E-state index is 11.7. The lowest BCUT2D eigenvalue weighted by molar-refractivity contribution is -0.385. The third kappa shape index (κ3) is 5.51. The quantitative estimate of drug-likeness (QED) is 0.475. The molecule has 0 aliphatic heterocycles. The van der Waals surface area contributed by atoms with Gasteiger partial charge in [-0.3, -0.25) is 14.9 Å². The second-order valence-electron chi connectivity index (χ2n) is 5.07. The maximum atomic E-state index is 11.7. The van der Waals surface area contributed by atoms with Gasteiger partial charge in [-0.25, -0.2) is 5.43 Å². The first-order chi connectivity index (χ1) is 11.6. The number of nitro groups is 1. The van der Waals surface area contributed by atoms with Gasteiger partial charge in [0.05, 0.1) is 16.9 Å². The van der Waals surface area contributed by atoms with Crippen molar-refractivity contribution in [2.75, 3.05) is 5.75 Å². The van der Waals surface area contributed by atoms with Gasteiger partial charge in [0.15, 0.2) is 0 Å². The van der Waals surface area contributed by atoms with E-state index in [0.717, 1.165) is 11.3 Å². The molecule has 0 aromatic heterocycles. The molecule has 0 fully saturated rings. The molecule has 1 N–H and O–H groups in total. The zero-order valence-corrected chi connectivity index (χ0v) is 14.0. The topological polar surface area (TPSA) is 84.6 Å². The Morgan fingerprint density at radius 2 is 2.04 bits per heavy atom. The van der Waals surface area contributed by atoms with Crippen molar-refractivity contribution in [2.24, 2.45) is 5.10 Å². The molecule has 0 heterocycles. The van der Waals surface area contributed by atoms with Crippen LogP contribution < -0.4 is 5.43 Å². The van der Waals surface area contributed by atoms with E-state index in [2.05, 4.69) is 10.5 Å². The van der Waals surface area contributed by atoms with Crippen LogP contribution in [0.3, 0.4) is 0 Å². The van der Waals surface area contributed by atoms with Crippen molar-refractivity contribution in [3.05, 3.63) is 75.3 Å². The summed E-state index contributed by atoms with van der Waals surface area (Å²) in [5, 5.41) is 14.7. The third-order valence-electron chi connectivity index (χ3n) is 3.18. The van der Waals surface area contributed by atoms with Crippen molar-refractivity contribution in [2.45, 2.75) is 12.7 Å². The third-order valence-corrected chi connectivity index (χ3v) is 4.18. The smallest absolute Gasteiger partial charge is 0.272 e. The van der Waals surface area contributed by atoms with E-state index in [4.69, 9.17) is 0 Å². The van der Waals surface area contributed by atoms with Crippen LogP contribution in [-0.4, -0.2) is 22.8 Å². The Kier molecular flexibility index (Phi) is 6.51. The van der Waals surface area contributed by atoms with Crippen LogP contribution >= 0.6 is 11.8 Å². The fourth-order valence-electron chi connectivity index (χ4n) is 1.95. The Morgan fingerprint density at radius 1 is 1.29 bits per heavy atom. The summed E-state index contributed by atoms with van der Waals surface area (Å²) >= 11 is 1.49. The number of nitrogens with zero attached hydrogens (tertiary/aromatic N) is 2. The molecule has 0 aliphatic rings. The Bertz CT molecular complexity index is 748. The Hall–Kier alpha value is -2.67. The van der Waals surface area contributed by atoms with Crippen molar-refractivity contribution < 1.29 is 9.72 Å². The maximum Gasteiger partial charge on any atom is 0.272 e. The number of thioether (sulfide) groups is 1. The molecule has 24 heavy (non-hydrogen) atoms. The van der Waals surface area contributed by atoms with Crippen molar-refractivity contribution in [3.63, 3.8) is 0 Å². The Labute approximate surface area is 144 Å². The lowest BCUT2D eigenvalue weighted by Crippen LogP contribution is -2.19. The molecule has 0 aliphatic carbocycles. The van der Waals surface area contributed by atoms with Crippen LogP contribution in [0.1, 0.15) is 16.7 Å². The van der Waals surface area contributed by atoms with Crippen LogP contribution in [0.2, 0.25) is 0 Å². The van der Waals surface area contributed by atoms with E-state index >= 15 is 0 Å². The average molecular weight is 343 g/mol. The van der Waals surface area contributed by atoms with Gasteiger partial charge >= 0.3 is 0 Å². The summed E-state index contributed by atoms with van der Waals surface area (Å²) in [6, 6.07) is 14.7. The van der Waals surface area contributed by atoms with E-state index in [9.17, 15) is 14.9 Å². The number of benzene rings is 2. The van der Waals surface area contributed by atoms with Gasteiger partial charge in [-0.05, 0) is 12.5 Å². The van der Waals surface area contributed by atoms with E-state index in [1.165, 1.54) is 24.0 Å². The molecule has 1 amide bonds. The number of hydrogen-bond donors (Lipinski definition) is 1. The highest BCUT2D eigenvalue weighted by Crippen LogP contribution is 2.18. The highest BCUT2D eigenvalue weighted by molar-refractivity contribution is 7.99. The summed E-state index contributed by atoms with van der Waals surface area (Å²) in [7, 11) is 0. The minimum Gasteiger partial charge on any atom is -0.272 e. The molecule has 0 atom stereocenters. The molecule has 0 bridgehead atoms. The summed E-state index contributed by atoms with van der Waals surface area (Å²) in [4.78, 5) is 22.1. The SMILES string of the molecule is Cc1ccc(/C=N\NC(=O)CSCc2ccccc2)cc1[N+](=O)[O-]. The van der Waals surface area contributed by atoms with Crippen LogP contribution in [0.5, 0.6) is 0 Å². The van der Waals surface area contributed by atoms with Crippen molar-refractivity contribution in [1.29, 1.82) is 0 Å². The first kappa shape index (κ1) is 17.7. The molecule has 0 spiro atoms. The van der Waals surface area contributed by atoms with Crippen LogP contribution in [0.15, 0.2) is 53.6 Å². The average Bonchev–Trinajstić information content (AvgIpc) is 2.57. The highest BCUT2D eigenvalue weighted by Gasteiger charge is 2.10. The van der Waals surface area contributed by atoms with Crippen LogP contribution in [0, 0.1) is 17.0 Å². The van der Waals surface area contributed by atoms with E-state index < -0.39 is 4.92 Å². The van der Waals surface area contributed by atoms with Gasteiger partial charge in [0.1, 0.15) is 0 Å². The number of hydrogen-bond acceptors (Lipinski definition) is 5. The molecule has 7 heteroatoms. The predicted molar refractivity (Wildman–Crippen MR) is 96.2 cm³/mol. The van der Waals surface area contributed by atoms with E-state index in [1.54, 1.807) is 19.1 Å². The number of nitro benzene ring substituents is 1. The number of hydrazone groups is 1. The zero-order valence-electron chi connectivity index (χ0n) is 13.1. The molecular formula is C17H17N3O3S. The molecule has 2 rings (SSSR count). The van der Waals surface area contributed by atoms with E-state index in [-0.39, 0.29) is 11.6 Å². The minimum absolute atomic E-state index is 0.0312. The lowest BCUT2D eigenvalue weighted by atomic mass is 10.1. The fraction of sp³-hybridized carbons (Fsp3) is 0.176. The zero-order chi connectivity index (χ0) is 17.4. The van der Waals surface area contributed by atoms with Gasteiger partial charge in [0, 0.05) is 22.9 Å². The largest absolute Gasteiger partial charge is 0.272 e. The minimum atomic E-state index is -0.439. The van der Waals surface area contributed by atoms with Crippen LogP contribution in [-0.2, 0) is 10.5 Å². The van der Waals surface area contributed by atoms with Gasteiger partial charge in [0.2, 0.25) is 5.91 Å². The van der Waals surface area contributed by atoms with Gasteiger partial charge in [-0.1, -0.05) is 42.5 Å². The standard InChI is InChI=1S/C17H17N3O3S/c1-13-7-8-15(9-16(13)20(22)23)10-18-19-17(21)12-24-11-14-5-3-2-4-6-14/h2-10H,11-12H2,1H3,(H,19,21)/b18-10-. The monoisotopic (exact) mass is 343 g/mol. The molecule has 0 unspecified atom stereocenters. The number of nitrogens with one attached hydrogen (secondary N) is 1. The fourth-order valence-corrected chi connectivity index (χ4v) is 2.73. The van der Waals surface area contributed by atoms with Gasteiger partial charge < -0.3 is 0 Å². The number of aryl methyl sites for hydroxylation is 1. The summed E-state index contributed by atoms with van der Waals surface area (Å²) in [5.74, 6) is 0.830. The molecule has 6 nitrogen and oxygen atoms in total. The van der Waals surface area contributed by atoms with Gasteiger partial charge in [-0.15, -0.1) is 11.8 Å². The first-order valence-electron chi connectivity index (χ1n) is 7.25. The predicted octanol–water partition coefficient (Wildman–Crippen LogP) is 3.29. The number of carbonyl (C=O) groups is 1. The molecule has 0 radical (unpaired) electrons. The van der Waals surface area contributed by atoms with Crippen LogP contribution in [0.25, 0.3) is 0 Å². The van der Waals surface area contributed by atoms with Gasteiger partial charge in [0.25, 0.3) is 5.69 Å². The summed E-state index contributed by atoms with van der Waals surface area (Å²) in [6.45, 7) is 1.67. The first-order valence-corrected chi connectivity index (χ1v) is 8.40. The van der Waals surface area contributed by atoms with Crippen LogP contribution in [0.4, 0.5) is 5.69 Å². The lowest BCUT2D eigenvalue weighted by Gasteiger charge is -2.01. The van der Waals surface area contributed by atoms with E-state index in [1.807, 2.05) is 30.3 Å². The molecule has 2 aromatic rings. The number of amides is 1. The van der Waals surface area contributed by atoms with Crippen molar-refractivity contribution in [3.8, 4) is 0 Å². The molecule has 124 valence electrons. The summed E-state index contributed by atoms with van der Waals surface area (Å²) < 4.78 is 0. The highest BCUT2D eigenvalue weighted by atomic mass is 32.2. The molecular weight excluding hydrogens is 326 g/mol. The molecule has 0 saturated heterocycles. The Balaban J connectivity index is 1.80. The number of rotatable bonds is 7. The Morgan fingerprint density at radius 3 is 2.75 bits per heavy atom. The second-order valence-corrected chi connectivity index (χ2v) is 6.06. The second kappa shape index (κ2) is 8.83. The molecule has 0 saturated carbocycles. The summed E-state index contributed by atoms with van der Waals surface area (Å²) in [5.41, 5.74) is 4.75. The number of carbonyl (C=O) groups excluding carboxylic acids is 1. The van der Waals surface area contributed by atoms with Gasteiger partial charge in [-0.2, -0.15) is 5.10 Å². The normalized spacial score (nSPS) is 10.7. The summed E-state index contributed by atoms with van der Waals surface area (Å²) in [6.07, 6.45) is 1.40. The van der Waals surface area contributed by atoms with Crippen molar-refractivity contribution >= 4 is 29.6 Å². The van der Waals surface area contributed by atoms with E-state index in [0.29, 0.717) is 16.9 Å². The molecule has 2 aromatic carbocycles.